The van der Waals surface area contributed by atoms with Crippen LogP contribution in [0.5, 0.6) is 0 Å². The van der Waals surface area contributed by atoms with Crippen LogP contribution in [0, 0.1) is 10.8 Å². The maximum Gasteiger partial charge on any atom is 0.358 e. The largest absolute Gasteiger partial charge is 0.376 e. The molecule has 9 nitrogen and oxygen atoms in total. The maximum atomic E-state index is 12.3. The number of nitrogens with one attached hydrogen (secondary N) is 3. The minimum atomic E-state index is -3.22. The van der Waals surface area contributed by atoms with Gasteiger partial charge < -0.3 is 10.3 Å². The molecule has 0 amide bonds. The molecule has 28 heavy (non-hydrogen) atoms. The Morgan fingerprint density at radius 2 is 2.14 bits per heavy atom. The van der Waals surface area contributed by atoms with Gasteiger partial charge in [-0.2, -0.15) is 0 Å². The highest BCUT2D eigenvalue weighted by Gasteiger charge is 2.41. The SMILES string of the molecule is CC[C@@H]1CC(NS(=O)(=O)C2CC2)C[C@@H]1Nc1c([N+](=O)OC)cnc2[nH]ccc12. The number of hydrogen-bond acceptors (Lipinski definition) is 6. The van der Waals surface area contributed by atoms with Crippen LogP contribution >= 0.6 is 0 Å². The molecule has 2 heterocycles. The fourth-order valence-corrected chi connectivity index (χ4v) is 5.73. The Morgan fingerprint density at radius 1 is 1.36 bits per heavy atom. The first-order chi connectivity index (χ1) is 13.4. The third kappa shape index (κ3) is 3.58. The minimum Gasteiger partial charge on any atom is -0.376 e. The number of aromatic nitrogens is 2. The Hall–Kier alpha value is -2.20. The van der Waals surface area contributed by atoms with E-state index < -0.39 is 10.0 Å². The Bertz CT molecular complexity index is 985. The zero-order valence-corrected chi connectivity index (χ0v) is 16.8. The van der Waals surface area contributed by atoms with E-state index >= 15 is 0 Å². The number of pyridine rings is 1. The number of sulfonamides is 1. The van der Waals surface area contributed by atoms with E-state index in [4.69, 9.17) is 4.84 Å². The topological polar surface area (TPSA) is 116 Å². The van der Waals surface area contributed by atoms with Crippen LogP contribution in [0.1, 0.15) is 39.0 Å². The van der Waals surface area contributed by atoms with Gasteiger partial charge >= 0.3 is 5.69 Å². The molecule has 3 N–H and O–H groups in total. The predicted octanol–water partition coefficient (Wildman–Crippen LogP) is 2.59. The second kappa shape index (κ2) is 7.32. The van der Waals surface area contributed by atoms with Gasteiger partial charge in [0.25, 0.3) is 4.92 Å². The van der Waals surface area contributed by atoms with Gasteiger partial charge in [0.2, 0.25) is 10.0 Å². The van der Waals surface area contributed by atoms with Crippen molar-refractivity contribution in [1.82, 2.24) is 14.7 Å². The molecular formula is C18H26N5O4S+. The zero-order chi connectivity index (χ0) is 19.9. The number of fused-ring (bicyclic) bond motifs is 1. The third-order valence-corrected chi connectivity index (χ3v) is 7.78. The summed E-state index contributed by atoms with van der Waals surface area (Å²) < 4.78 is 27.5. The van der Waals surface area contributed by atoms with Crippen LogP contribution in [0.4, 0.5) is 11.4 Å². The monoisotopic (exact) mass is 408 g/mol. The fraction of sp³-hybridized carbons (Fsp3) is 0.611. The molecule has 2 aliphatic rings. The van der Waals surface area contributed by atoms with Gasteiger partial charge in [-0.25, -0.2) is 23.0 Å². The van der Waals surface area contributed by atoms with Crippen molar-refractivity contribution in [1.29, 1.82) is 0 Å². The molecule has 4 rings (SSSR count). The van der Waals surface area contributed by atoms with Crippen molar-refractivity contribution < 1.29 is 18.2 Å². The molecule has 2 aromatic rings. The van der Waals surface area contributed by atoms with Gasteiger partial charge in [-0.05, 0) is 37.7 Å². The second-order valence-corrected chi connectivity index (χ2v) is 9.64. The molecule has 0 bridgehead atoms. The first kappa shape index (κ1) is 19.1. The van der Waals surface area contributed by atoms with Gasteiger partial charge in [0.05, 0.1) is 10.2 Å². The normalized spacial score (nSPS) is 25.1. The third-order valence-electron chi connectivity index (χ3n) is 5.77. The van der Waals surface area contributed by atoms with Crippen molar-refractivity contribution >= 4 is 32.4 Å². The Labute approximate surface area is 163 Å². The summed E-state index contributed by atoms with van der Waals surface area (Å²) in [6.45, 7) is 2.10. The summed E-state index contributed by atoms with van der Waals surface area (Å²) in [5.74, 6) is 0.296. The molecule has 0 saturated heterocycles. The van der Waals surface area contributed by atoms with Crippen LogP contribution in [0.15, 0.2) is 18.5 Å². The summed E-state index contributed by atoms with van der Waals surface area (Å²) in [6.07, 6.45) is 7.12. The van der Waals surface area contributed by atoms with Gasteiger partial charge in [-0.3, -0.25) is 0 Å². The highest BCUT2D eigenvalue weighted by Crippen LogP contribution is 2.38. The van der Waals surface area contributed by atoms with Crippen molar-refractivity contribution in [3.8, 4) is 0 Å². The number of anilines is 1. The summed E-state index contributed by atoms with van der Waals surface area (Å²) in [7, 11) is -1.91. The van der Waals surface area contributed by atoms with Crippen LogP contribution in [-0.4, -0.2) is 47.8 Å². The van der Waals surface area contributed by atoms with Crippen LogP contribution < -0.4 is 10.0 Å². The molecule has 152 valence electrons. The number of rotatable bonds is 8. The van der Waals surface area contributed by atoms with Crippen LogP contribution in [0.25, 0.3) is 11.0 Å². The molecule has 10 heteroatoms. The van der Waals surface area contributed by atoms with E-state index in [0.29, 0.717) is 34.3 Å². The first-order valence-electron chi connectivity index (χ1n) is 9.68. The van der Waals surface area contributed by atoms with Gasteiger partial charge in [-0.15, -0.1) is 0 Å². The quantitative estimate of drug-likeness (QED) is 0.578. The molecule has 2 aliphatic carbocycles. The maximum absolute atomic E-state index is 12.3. The Balaban J connectivity index is 1.59. The van der Waals surface area contributed by atoms with Crippen LogP contribution in [-0.2, 0) is 14.9 Å². The highest BCUT2D eigenvalue weighted by molar-refractivity contribution is 7.90. The lowest BCUT2D eigenvalue weighted by atomic mass is 10.00. The van der Waals surface area contributed by atoms with Gasteiger partial charge in [0.1, 0.15) is 17.5 Å². The summed E-state index contributed by atoms with van der Waals surface area (Å²) >= 11 is 0. The van der Waals surface area contributed by atoms with Gasteiger partial charge in [-0.1, -0.05) is 13.3 Å². The predicted molar refractivity (Wildman–Crippen MR) is 106 cm³/mol. The van der Waals surface area contributed by atoms with E-state index in [1.807, 2.05) is 6.07 Å². The summed E-state index contributed by atoms with van der Waals surface area (Å²) in [5.41, 5.74) is 1.62. The van der Waals surface area contributed by atoms with Crippen molar-refractivity contribution in [3.05, 3.63) is 23.4 Å². The lowest BCUT2D eigenvalue weighted by Gasteiger charge is -2.20. The van der Waals surface area contributed by atoms with E-state index in [0.717, 1.165) is 31.1 Å². The lowest BCUT2D eigenvalue weighted by molar-refractivity contribution is -0.736. The van der Waals surface area contributed by atoms with Crippen molar-refractivity contribution in [2.45, 2.75) is 56.4 Å². The molecule has 1 unspecified atom stereocenters. The van der Waals surface area contributed by atoms with Crippen molar-refractivity contribution in [2.24, 2.45) is 5.92 Å². The first-order valence-corrected chi connectivity index (χ1v) is 11.2. The number of hydrogen-bond donors (Lipinski definition) is 3. The zero-order valence-electron chi connectivity index (χ0n) is 16.0. The van der Waals surface area contributed by atoms with E-state index in [1.165, 1.54) is 13.3 Å². The molecule has 0 aliphatic heterocycles. The van der Waals surface area contributed by atoms with Crippen molar-refractivity contribution in [2.75, 3.05) is 12.4 Å². The van der Waals surface area contributed by atoms with Crippen LogP contribution in [0.2, 0.25) is 0 Å². The molecule has 2 saturated carbocycles. The smallest absolute Gasteiger partial charge is 0.358 e. The van der Waals surface area contributed by atoms with Gasteiger partial charge in [0.15, 0.2) is 7.11 Å². The summed E-state index contributed by atoms with van der Waals surface area (Å²) in [4.78, 5) is 24.8. The standard InChI is InChI=1S/C18H26N5O4S/c1-3-11-8-12(22-28(25,26)13-4-5-13)9-15(11)21-17-14-6-7-19-18(14)20-10-16(17)23(24)27-2/h6-7,10-13,15,22H,3-5,8-9H2,1-2H3,(H2,19,20,21)/q+1/t11-,12?,15+/m1/s1. The van der Waals surface area contributed by atoms with E-state index in [1.54, 1.807) is 6.20 Å². The lowest BCUT2D eigenvalue weighted by Crippen LogP contribution is -2.36. The van der Waals surface area contributed by atoms with E-state index in [9.17, 15) is 13.3 Å². The molecular weight excluding hydrogens is 382 g/mol. The summed E-state index contributed by atoms with van der Waals surface area (Å²) in [6, 6.07) is 1.81. The fourth-order valence-electron chi connectivity index (χ4n) is 4.13. The van der Waals surface area contributed by atoms with E-state index in [-0.39, 0.29) is 17.3 Å². The molecule has 0 aromatic carbocycles. The minimum absolute atomic E-state index is 0.0430. The Kier molecular flexibility index (Phi) is 5.00. The van der Waals surface area contributed by atoms with E-state index in [2.05, 4.69) is 26.9 Å². The number of nitrogens with zero attached hydrogens (tertiary/aromatic N) is 2. The molecule has 0 radical (unpaired) electrons. The molecule has 3 atom stereocenters. The number of H-pyrrole nitrogens is 1. The number of aromatic amines is 1. The molecule has 0 spiro atoms. The molecule has 2 aromatic heterocycles. The second-order valence-electron chi connectivity index (χ2n) is 7.65. The van der Waals surface area contributed by atoms with Crippen LogP contribution in [0.3, 0.4) is 0 Å². The molecule has 2 fully saturated rings. The Morgan fingerprint density at radius 3 is 2.82 bits per heavy atom. The van der Waals surface area contributed by atoms with Crippen molar-refractivity contribution in [3.63, 3.8) is 0 Å². The summed E-state index contributed by atoms with van der Waals surface area (Å²) in [5, 5.41) is 4.08. The average Bonchev–Trinajstić information content (AvgIpc) is 3.32. The van der Waals surface area contributed by atoms with Gasteiger partial charge in [0, 0.05) is 23.7 Å². The highest BCUT2D eigenvalue weighted by atomic mass is 32.2. The average molecular weight is 409 g/mol.